The second-order valence-electron chi connectivity index (χ2n) is 5.93. The van der Waals surface area contributed by atoms with E-state index in [-0.39, 0.29) is 0 Å². The van der Waals surface area contributed by atoms with Gasteiger partial charge >= 0.3 is 0 Å². The Balaban J connectivity index is 4.81. The van der Waals surface area contributed by atoms with Gasteiger partial charge in [-0.25, -0.2) is 0 Å². The van der Waals surface area contributed by atoms with Crippen molar-refractivity contribution in [2.75, 3.05) is 13.6 Å². The fraction of sp³-hybridized carbons (Fsp3) is 0.333. The predicted molar refractivity (Wildman–Crippen MR) is 107 cm³/mol. The molecule has 0 saturated heterocycles. The van der Waals surface area contributed by atoms with Crippen LogP contribution in [0, 0.1) is 0 Å². The summed E-state index contributed by atoms with van der Waals surface area (Å²) >= 11 is 0. The van der Waals surface area contributed by atoms with E-state index in [0.29, 0.717) is 5.47 Å². The molecule has 0 rings (SSSR count). The molecule has 0 aliphatic carbocycles. The Bertz CT molecular complexity index is 571. The number of likely N-dealkylation sites (N-methyl/N-ethyl adjacent to an activating group) is 1. The SMILES string of the molecule is [B]C(=C)/C=C(\C=C)CN(C)C(=C)C/C(C)=C/C=C(C)/C(C)=C/C. The standard InChI is InChI=1S/C21H30BN/c1-9-17(4)18(5)12-11-16(3)13-20(7)23(8)15-21(10-2)14-19(6)22/h9-12,14H,2,6-7,13,15H2,1,3-5,8H3/b16-11+,17-9+,18-12+,21-14+. The normalized spacial score (nSPS) is 13.8. The maximum atomic E-state index is 5.63. The van der Waals surface area contributed by atoms with Crippen LogP contribution in [0.1, 0.15) is 34.1 Å². The van der Waals surface area contributed by atoms with Crippen molar-refractivity contribution in [3.05, 3.63) is 83.6 Å². The zero-order valence-corrected chi connectivity index (χ0v) is 15.4. The summed E-state index contributed by atoms with van der Waals surface area (Å²) in [4.78, 5) is 2.11. The van der Waals surface area contributed by atoms with Crippen LogP contribution in [0.4, 0.5) is 0 Å². The fourth-order valence-corrected chi connectivity index (χ4v) is 1.94. The van der Waals surface area contributed by atoms with Gasteiger partial charge < -0.3 is 4.90 Å². The first-order chi connectivity index (χ1) is 10.7. The van der Waals surface area contributed by atoms with Gasteiger partial charge in [0.15, 0.2) is 0 Å². The van der Waals surface area contributed by atoms with Crippen molar-refractivity contribution in [1.82, 2.24) is 4.90 Å². The van der Waals surface area contributed by atoms with Crippen LogP contribution in [0.25, 0.3) is 0 Å². The molecular formula is C21H30BN. The molecule has 0 atom stereocenters. The van der Waals surface area contributed by atoms with Crippen LogP contribution in [-0.4, -0.2) is 26.3 Å². The smallest absolute Gasteiger partial charge is 0.112 e. The molecule has 23 heavy (non-hydrogen) atoms. The second-order valence-corrected chi connectivity index (χ2v) is 5.93. The monoisotopic (exact) mass is 307 g/mol. The van der Waals surface area contributed by atoms with Crippen LogP contribution in [-0.2, 0) is 0 Å². The van der Waals surface area contributed by atoms with Crippen LogP contribution in [0.15, 0.2) is 83.6 Å². The zero-order chi connectivity index (χ0) is 18.0. The first-order valence-electron chi connectivity index (χ1n) is 7.84. The maximum absolute atomic E-state index is 5.63. The number of allylic oxidation sites excluding steroid dienone is 8. The molecule has 122 valence electrons. The van der Waals surface area contributed by atoms with Gasteiger partial charge in [0.25, 0.3) is 0 Å². The molecule has 1 nitrogen and oxygen atoms in total. The van der Waals surface area contributed by atoms with Crippen LogP contribution in [0.3, 0.4) is 0 Å². The highest BCUT2D eigenvalue weighted by atomic mass is 15.1. The summed E-state index contributed by atoms with van der Waals surface area (Å²) in [6.07, 6.45) is 10.9. The molecule has 0 spiro atoms. The third-order valence-electron chi connectivity index (χ3n) is 3.75. The summed E-state index contributed by atoms with van der Waals surface area (Å²) in [6, 6.07) is 0. The Hall–Kier alpha value is -1.96. The van der Waals surface area contributed by atoms with Gasteiger partial charge in [-0.1, -0.05) is 54.7 Å². The fourth-order valence-electron chi connectivity index (χ4n) is 1.94. The molecule has 0 amide bonds. The van der Waals surface area contributed by atoms with Gasteiger partial charge in [-0.2, -0.15) is 0 Å². The van der Waals surface area contributed by atoms with Gasteiger partial charge in [0.2, 0.25) is 0 Å². The van der Waals surface area contributed by atoms with Crippen molar-refractivity contribution < 1.29 is 0 Å². The van der Waals surface area contributed by atoms with Crippen molar-refractivity contribution in [1.29, 1.82) is 0 Å². The van der Waals surface area contributed by atoms with Crippen LogP contribution < -0.4 is 0 Å². The van der Waals surface area contributed by atoms with E-state index in [1.54, 1.807) is 6.08 Å². The minimum absolute atomic E-state index is 0.537. The van der Waals surface area contributed by atoms with Gasteiger partial charge in [0.05, 0.1) is 0 Å². The number of hydrogen-bond acceptors (Lipinski definition) is 1. The van der Waals surface area contributed by atoms with Gasteiger partial charge in [0.1, 0.15) is 7.85 Å². The van der Waals surface area contributed by atoms with E-state index in [4.69, 9.17) is 7.85 Å². The molecule has 0 aliphatic rings. The Morgan fingerprint density at radius 2 is 1.70 bits per heavy atom. The van der Waals surface area contributed by atoms with Gasteiger partial charge in [0, 0.05) is 25.7 Å². The summed E-state index contributed by atoms with van der Waals surface area (Å²) in [5.41, 5.74) is 6.48. The van der Waals surface area contributed by atoms with Crippen LogP contribution in [0.2, 0.25) is 0 Å². The molecule has 0 aromatic rings. The average molecular weight is 307 g/mol. The second kappa shape index (κ2) is 10.7. The Morgan fingerprint density at radius 3 is 2.17 bits per heavy atom. The molecule has 0 aliphatic heterocycles. The van der Waals surface area contributed by atoms with Crippen molar-refractivity contribution in [3.63, 3.8) is 0 Å². The molecule has 0 saturated carbocycles. The molecular weight excluding hydrogens is 277 g/mol. The predicted octanol–water partition coefficient (Wildman–Crippen LogP) is 5.48. The molecule has 2 heteroatoms. The molecule has 0 N–H and O–H groups in total. The minimum atomic E-state index is 0.537. The van der Waals surface area contributed by atoms with E-state index in [1.165, 1.54) is 16.7 Å². The lowest BCUT2D eigenvalue weighted by Crippen LogP contribution is -2.19. The third kappa shape index (κ3) is 8.92. The van der Waals surface area contributed by atoms with E-state index < -0.39 is 0 Å². The van der Waals surface area contributed by atoms with Crippen molar-refractivity contribution in [2.45, 2.75) is 34.1 Å². The molecule has 0 unspecified atom stereocenters. The van der Waals surface area contributed by atoms with E-state index in [1.807, 2.05) is 13.1 Å². The number of rotatable bonds is 9. The summed E-state index contributed by atoms with van der Waals surface area (Å²) in [6.45, 7) is 20.8. The molecule has 0 bridgehead atoms. The first kappa shape index (κ1) is 21.0. The maximum Gasteiger partial charge on any atom is 0.112 e. The highest BCUT2D eigenvalue weighted by molar-refractivity contribution is 6.23. The van der Waals surface area contributed by atoms with E-state index in [9.17, 15) is 0 Å². The first-order valence-corrected chi connectivity index (χ1v) is 7.84. The van der Waals surface area contributed by atoms with E-state index in [2.05, 4.69) is 70.6 Å². The van der Waals surface area contributed by atoms with E-state index in [0.717, 1.165) is 24.2 Å². The lowest BCUT2D eigenvalue weighted by Gasteiger charge is -2.22. The summed E-state index contributed by atoms with van der Waals surface area (Å²) < 4.78 is 0. The summed E-state index contributed by atoms with van der Waals surface area (Å²) in [7, 11) is 7.65. The molecule has 0 aromatic heterocycles. The molecule has 0 fully saturated rings. The Kier molecular flexibility index (Phi) is 9.81. The largest absolute Gasteiger partial charge is 0.374 e. The van der Waals surface area contributed by atoms with Gasteiger partial charge in [-0.3, -0.25) is 0 Å². The molecule has 2 radical (unpaired) electrons. The quantitative estimate of drug-likeness (QED) is 0.403. The number of hydrogen-bond donors (Lipinski definition) is 0. The highest BCUT2D eigenvalue weighted by Gasteiger charge is 2.04. The Morgan fingerprint density at radius 1 is 1.09 bits per heavy atom. The topological polar surface area (TPSA) is 3.24 Å². The van der Waals surface area contributed by atoms with Crippen molar-refractivity contribution in [3.8, 4) is 0 Å². The van der Waals surface area contributed by atoms with Crippen molar-refractivity contribution in [2.24, 2.45) is 0 Å². The zero-order valence-electron chi connectivity index (χ0n) is 15.4. The minimum Gasteiger partial charge on any atom is -0.374 e. The summed E-state index contributed by atoms with van der Waals surface area (Å²) in [5, 5.41) is 0. The lowest BCUT2D eigenvalue weighted by molar-refractivity contribution is 0.447. The van der Waals surface area contributed by atoms with Gasteiger partial charge in [-0.05, 0) is 38.8 Å². The number of nitrogens with zero attached hydrogens (tertiary/aromatic N) is 1. The highest BCUT2D eigenvalue weighted by Crippen LogP contribution is 2.16. The average Bonchev–Trinajstić information content (AvgIpc) is 2.50. The Labute approximate surface area is 144 Å². The third-order valence-corrected chi connectivity index (χ3v) is 3.75. The summed E-state index contributed by atoms with van der Waals surface area (Å²) in [5.74, 6) is 0. The lowest BCUT2D eigenvalue weighted by atomic mass is 9.95. The van der Waals surface area contributed by atoms with E-state index >= 15 is 0 Å². The van der Waals surface area contributed by atoms with Crippen LogP contribution >= 0.6 is 0 Å². The molecule has 0 heterocycles. The van der Waals surface area contributed by atoms with Crippen molar-refractivity contribution >= 4 is 7.85 Å². The van der Waals surface area contributed by atoms with Gasteiger partial charge in [-0.15, -0.1) is 12.1 Å². The van der Waals surface area contributed by atoms with Crippen LogP contribution in [0.5, 0.6) is 0 Å². The molecule has 0 aromatic carbocycles.